The van der Waals surface area contributed by atoms with Crippen LogP contribution in [0.15, 0.2) is 42.5 Å². The van der Waals surface area contributed by atoms with Crippen LogP contribution in [0, 0.1) is 12.7 Å². The first-order valence-corrected chi connectivity index (χ1v) is 5.73. The van der Waals surface area contributed by atoms with Crippen molar-refractivity contribution in [2.24, 2.45) is 5.73 Å². The van der Waals surface area contributed by atoms with Crippen LogP contribution in [-0.2, 0) is 0 Å². The summed E-state index contributed by atoms with van der Waals surface area (Å²) in [6.45, 7) is 2.00. The molecule has 0 saturated heterocycles. The number of hydrogen-bond acceptors (Lipinski definition) is 1. The molecule has 88 valence electrons. The second-order valence-electron chi connectivity index (χ2n) is 4.05. The first-order chi connectivity index (χ1) is 8.08. The second-order valence-corrected chi connectivity index (χ2v) is 4.46. The van der Waals surface area contributed by atoms with Gasteiger partial charge < -0.3 is 5.73 Å². The lowest BCUT2D eigenvalue weighted by atomic mass is 9.98. The fourth-order valence-electron chi connectivity index (χ4n) is 1.71. The van der Waals surface area contributed by atoms with Crippen LogP contribution in [0.3, 0.4) is 0 Å². The summed E-state index contributed by atoms with van der Waals surface area (Å²) in [5.74, 6) is -0.327. The summed E-state index contributed by atoms with van der Waals surface area (Å²) in [5, 5.41) is 0.486. The van der Waals surface area contributed by atoms with Crippen molar-refractivity contribution in [1.29, 1.82) is 0 Å². The molecule has 0 amide bonds. The van der Waals surface area contributed by atoms with E-state index in [1.165, 1.54) is 18.2 Å². The molecule has 2 N–H and O–H groups in total. The Morgan fingerprint density at radius 2 is 1.76 bits per heavy atom. The molecule has 2 rings (SSSR count). The van der Waals surface area contributed by atoms with Gasteiger partial charge in [-0.25, -0.2) is 4.39 Å². The predicted octanol–water partition coefficient (Wildman–Crippen LogP) is 3.84. The summed E-state index contributed by atoms with van der Waals surface area (Å²) in [7, 11) is 0. The Morgan fingerprint density at radius 1 is 1.12 bits per heavy atom. The zero-order valence-corrected chi connectivity index (χ0v) is 10.2. The summed E-state index contributed by atoms with van der Waals surface area (Å²) >= 11 is 6.03. The molecule has 2 aromatic rings. The third kappa shape index (κ3) is 2.65. The van der Waals surface area contributed by atoms with Crippen LogP contribution in [0.2, 0.25) is 5.02 Å². The molecule has 0 aromatic heterocycles. The van der Waals surface area contributed by atoms with Gasteiger partial charge >= 0.3 is 0 Å². The van der Waals surface area contributed by atoms with Crippen molar-refractivity contribution in [2.45, 2.75) is 13.0 Å². The Kier molecular flexibility index (Phi) is 3.46. The molecule has 0 radical (unpaired) electrons. The topological polar surface area (TPSA) is 26.0 Å². The third-order valence-electron chi connectivity index (χ3n) is 2.73. The maximum absolute atomic E-state index is 13.2. The van der Waals surface area contributed by atoms with Crippen molar-refractivity contribution in [2.75, 3.05) is 0 Å². The van der Waals surface area contributed by atoms with Gasteiger partial charge in [-0.3, -0.25) is 0 Å². The van der Waals surface area contributed by atoms with E-state index in [9.17, 15) is 4.39 Å². The van der Waals surface area contributed by atoms with Crippen molar-refractivity contribution in [3.8, 4) is 0 Å². The van der Waals surface area contributed by atoms with E-state index in [-0.39, 0.29) is 5.82 Å². The average Bonchev–Trinajstić information content (AvgIpc) is 2.32. The zero-order chi connectivity index (χ0) is 12.4. The average molecular weight is 250 g/mol. The van der Waals surface area contributed by atoms with Crippen molar-refractivity contribution < 1.29 is 4.39 Å². The van der Waals surface area contributed by atoms with Crippen LogP contribution in [0.5, 0.6) is 0 Å². The Hall–Kier alpha value is -1.38. The van der Waals surface area contributed by atoms with Gasteiger partial charge in [0, 0.05) is 5.02 Å². The molecular weight excluding hydrogens is 237 g/mol. The Bertz CT molecular complexity index is 522. The molecular formula is C14H13ClFN. The van der Waals surface area contributed by atoms with Crippen LogP contribution in [0.1, 0.15) is 22.7 Å². The van der Waals surface area contributed by atoms with Gasteiger partial charge in [0.05, 0.1) is 6.04 Å². The number of halogens is 2. The Labute approximate surface area is 105 Å². The molecule has 1 atom stereocenters. The van der Waals surface area contributed by atoms with Gasteiger partial charge in [-0.15, -0.1) is 0 Å². The predicted molar refractivity (Wildman–Crippen MR) is 68.6 cm³/mol. The van der Waals surface area contributed by atoms with Crippen LogP contribution in [-0.4, -0.2) is 0 Å². The van der Waals surface area contributed by atoms with E-state index < -0.39 is 6.04 Å². The number of aryl methyl sites for hydroxylation is 1. The van der Waals surface area contributed by atoms with Gasteiger partial charge in [-0.05, 0) is 36.2 Å². The minimum atomic E-state index is -0.404. The van der Waals surface area contributed by atoms with E-state index >= 15 is 0 Å². The summed E-state index contributed by atoms with van der Waals surface area (Å²) in [6, 6.07) is 11.6. The van der Waals surface area contributed by atoms with Gasteiger partial charge in [-0.2, -0.15) is 0 Å². The molecule has 0 aliphatic heterocycles. The highest BCUT2D eigenvalue weighted by atomic mass is 35.5. The molecule has 0 bridgehead atoms. The molecule has 17 heavy (non-hydrogen) atoms. The van der Waals surface area contributed by atoms with Crippen LogP contribution in [0.25, 0.3) is 0 Å². The van der Waals surface area contributed by atoms with E-state index in [0.29, 0.717) is 10.6 Å². The van der Waals surface area contributed by atoms with Crippen molar-refractivity contribution in [3.05, 3.63) is 70.0 Å². The first-order valence-electron chi connectivity index (χ1n) is 5.35. The summed E-state index contributed by atoms with van der Waals surface area (Å²) in [5.41, 5.74) is 8.77. The van der Waals surface area contributed by atoms with Gasteiger partial charge in [0.1, 0.15) is 5.82 Å². The lowest BCUT2D eigenvalue weighted by molar-refractivity contribution is 0.623. The van der Waals surface area contributed by atoms with Crippen molar-refractivity contribution in [3.63, 3.8) is 0 Å². The third-order valence-corrected chi connectivity index (χ3v) is 3.07. The minimum Gasteiger partial charge on any atom is -0.320 e. The molecule has 2 aromatic carbocycles. The lowest BCUT2D eigenvalue weighted by Crippen LogP contribution is -2.12. The fourth-order valence-corrected chi connectivity index (χ4v) is 1.94. The van der Waals surface area contributed by atoms with Gasteiger partial charge in [-0.1, -0.05) is 41.4 Å². The molecule has 0 heterocycles. The van der Waals surface area contributed by atoms with Crippen molar-refractivity contribution >= 4 is 11.6 Å². The summed E-state index contributed by atoms with van der Waals surface area (Å²) < 4.78 is 13.2. The van der Waals surface area contributed by atoms with Crippen molar-refractivity contribution in [1.82, 2.24) is 0 Å². The number of rotatable bonds is 2. The molecule has 0 aliphatic rings. The number of nitrogens with two attached hydrogens (primary N) is 1. The molecule has 0 aliphatic carbocycles. The zero-order valence-electron chi connectivity index (χ0n) is 9.45. The second kappa shape index (κ2) is 4.86. The van der Waals surface area contributed by atoms with E-state index in [2.05, 4.69) is 0 Å². The molecule has 0 saturated carbocycles. The maximum atomic E-state index is 13.2. The Morgan fingerprint density at radius 3 is 2.41 bits per heavy atom. The van der Waals surface area contributed by atoms with Crippen LogP contribution >= 0.6 is 11.6 Å². The molecule has 0 fully saturated rings. The van der Waals surface area contributed by atoms with Gasteiger partial charge in [0.2, 0.25) is 0 Å². The summed E-state index contributed by atoms with van der Waals surface area (Å²) in [6.07, 6.45) is 0. The van der Waals surface area contributed by atoms with E-state index in [4.69, 9.17) is 17.3 Å². The monoisotopic (exact) mass is 249 g/mol. The summed E-state index contributed by atoms with van der Waals surface area (Å²) in [4.78, 5) is 0. The van der Waals surface area contributed by atoms with Gasteiger partial charge in [0.25, 0.3) is 0 Å². The van der Waals surface area contributed by atoms with E-state index in [1.807, 2.05) is 31.2 Å². The first kappa shape index (κ1) is 12.1. The molecule has 1 unspecified atom stereocenters. The maximum Gasteiger partial charge on any atom is 0.123 e. The highest BCUT2D eigenvalue weighted by Gasteiger charge is 2.13. The molecule has 3 heteroatoms. The quantitative estimate of drug-likeness (QED) is 0.860. The largest absolute Gasteiger partial charge is 0.320 e. The van der Waals surface area contributed by atoms with E-state index in [0.717, 1.165) is 11.1 Å². The molecule has 0 spiro atoms. The normalized spacial score (nSPS) is 12.5. The highest BCUT2D eigenvalue weighted by Crippen LogP contribution is 2.27. The smallest absolute Gasteiger partial charge is 0.123 e. The standard InChI is InChI=1S/C14H13ClFN/c1-9-2-4-10(5-3-9)14(17)12-8-11(16)6-7-13(12)15/h2-8,14H,17H2,1H3. The molecule has 1 nitrogen and oxygen atoms in total. The minimum absolute atomic E-state index is 0.327. The van der Waals surface area contributed by atoms with E-state index in [1.54, 1.807) is 0 Å². The Balaban J connectivity index is 2.39. The number of hydrogen-bond donors (Lipinski definition) is 1. The van der Waals surface area contributed by atoms with Crippen LogP contribution in [0.4, 0.5) is 4.39 Å². The lowest BCUT2D eigenvalue weighted by Gasteiger charge is -2.14. The van der Waals surface area contributed by atoms with Gasteiger partial charge in [0.15, 0.2) is 0 Å². The highest BCUT2D eigenvalue weighted by molar-refractivity contribution is 6.31. The fraction of sp³-hybridized carbons (Fsp3) is 0.143. The SMILES string of the molecule is Cc1ccc(C(N)c2cc(F)ccc2Cl)cc1. The van der Waals surface area contributed by atoms with Crippen LogP contribution < -0.4 is 5.73 Å². The number of benzene rings is 2.